The van der Waals surface area contributed by atoms with Crippen LogP contribution in [0.25, 0.3) is 0 Å². The number of hydrogen-bond acceptors (Lipinski definition) is 2. The molecule has 3 aromatic rings. The average Bonchev–Trinajstić information content (AvgIpc) is 3.19. The first-order valence-corrected chi connectivity index (χ1v) is 10.3. The van der Waals surface area contributed by atoms with Gasteiger partial charge in [-0.05, 0) is 35.9 Å². The van der Waals surface area contributed by atoms with Crippen LogP contribution in [0.3, 0.4) is 0 Å². The van der Waals surface area contributed by atoms with Gasteiger partial charge >= 0.3 is 12.2 Å². The maximum atomic E-state index is 13.3. The molecular formula is C23H23ClF3N3O2. The highest BCUT2D eigenvalue weighted by Gasteiger charge is 2.34. The number of rotatable bonds is 8. The minimum Gasteiger partial charge on any atom is -0.383 e. The van der Waals surface area contributed by atoms with E-state index in [0.29, 0.717) is 11.6 Å². The van der Waals surface area contributed by atoms with Crippen LogP contribution in [0.2, 0.25) is 5.02 Å². The van der Waals surface area contributed by atoms with E-state index in [1.807, 2.05) is 41.1 Å². The molecule has 3 rings (SSSR count). The molecule has 32 heavy (non-hydrogen) atoms. The summed E-state index contributed by atoms with van der Waals surface area (Å²) in [6.07, 6.45) is -2.71. The van der Waals surface area contributed by atoms with E-state index in [1.165, 1.54) is 30.2 Å². The molecule has 0 spiro atoms. The SMILES string of the molecule is COCCN(Cc1cccn1Cc1ccccc1Cl)C(=O)Nc1ccccc1C(F)(F)F. The van der Waals surface area contributed by atoms with Crippen molar-refractivity contribution in [3.05, 3.63) is 88.7 Å². The lowest BCUT2D eigenvalue weighted by molar-refractivity contribution is -0.136. The number of nitrogens with zero attached hydrogens (tertiary/aromatic N) is 2. The van der Waals surface area contributed by atoms with Gasteiger partial charge < -0.3 is 19.5 Å². The van der Waals surface area contributed by atoms with Gasteiger partial charge in [-0.15, -0.1) is 0 Å². The third-order valence-electron chi connectivity index (χ3n) is 4.90. The fourth-order valence-electron chi connectivity index (χ4n) is 3.24. The van der Waals surface area contributed by atoms with Gasteiger partial charge in [0, 0.05) is 37.1 Å². The predicted octanol–water partition coefficient (Wildman–Crippen LogP) is 5.89. The largest absolute Gasteiger partial charge is 0.418 e. The number of para-hydroxylation sites is 1. The fraction of sp³-hybridized carbons (Fsp3) is 0.261. The lowest BCUT2D eigenvalue weighted by atomic mass is 10.1. The summed E-state index contributed by atoms with van der Waals surface area (Å²) >= 11 is 6.26. The number of hydrogen-bond donors (Lipinski definition) is 1. The van der Waals surface area contributed by atoms with Crippen molar-refractivity contribution in [2.75, 3.05) is 25.6 Å². The van der Waals surface area contributed by atoms with E-state index in [-0.39, 0.29) is 25.4 Å². The van der Waals surface area contributed by atoms with Crippen LogP contribution >= 0.6 is 11.6 Å². The Balaban J connectivity index is 1.79. The number of methoxy groups -OCH3 is 1. The van der Waals surface area contributed by atoms with Crippen molar-refractivity contribution >= 4 is 23.3 Å². The summed E-state index contributed by atoms with van der Waals surface area (Å²) in [5.74, 6) is 0. The number of aromatic nitrogens is 1. The van der Waals surface area contributed by atoms with E-state index in [2.05, 4.69) is 5.32 Å². The first-order valence-electron chi connectivity index (χ1n) is 9.88. The quantitative estimate of drug-likeness (QED) is 0.451. The van der Waals surface area contributed by atoms with Crippen molar-refractivity contribution in [2.24, 2.45) is 0 Å². The van der Waals surface area contributed by atoms with Gasteiger partial charge in [-0.2, -0.15) is 13.2 Å². The zero-order valence-corrected chi connectivity index (χ0v) is 18.2. The van der Waals surface area contributed by atoms with E-state index in [4.69, 9.17) is 16.3 Å². The van der Waals surface area contributed by atoms with Crippen molar-refractivity contribution in [2.45, 2.75) is 19.3 Å². The van der Waals surface area contributed by atoms with Gasteiger partial charge in [-0.1, -0.05) is 41.9 Å². The molecule has 0 fully saturated rings. The molecule has 0 saturated heterocycles. The molecule has 170 valence electrons. The van der Waals surface area contributed by atoms with Gasteiger partial charge in [0.05, 0.1) is 24.4 Å². The Morgan fingerprint density at radius 1 is 1.09 bits per heavy atom. The van der Waals surface area contributed by atoms with Crippen LogP contribution in [0.4, 0.5) is 23.7 Å². The smallest absolute Gasteiger partial charge is 0.383 e. The second-order valence-electron chi connectivity index (χ2n) is 7.11. The number of ether oxygens (including phenoxy) is 1. The normalized spacial score (nSPS) is 11.4. The number of carbonyl (C=O) groups is 1. The Kier molecular flexibility index (Phi) is 7.82. The zero-order valence-electron chi connectivity index (χ0n) is 17.4. The van der Waals surface area contributed by atoms with Gasteiger partial charge in [-0.25, -0.2) is 4.79 Å². The van der Waals surface area contributed by atoms with Gasteiger partial charge in [0.1, 0.15) is 0 Å². The van der Waals surface area contributed by atoms with E-state index < -0.39 is 17.8 Å². The molecule has 1 heterocycles. The highest BCUT2D eigenvalue weighted by atomic mass is 35.5. The molecule has 0 aliphatic heterocycles. The predicted molar refractivity (Wildman–Crippen MR) is 118 cm³/mol. The number of urea groups is 1. The summed E-state index contributed by atoms with van der Waals surface area (Å²) in [5, 5.41) is 3.03. The lowest BCUT2D eigenvalue weighted by Crippen LogP contribution is -2.37. The Labute approximate surface area is 189 Å². The van der Waals surface area contributed by atoms with Crippen molar-refractivity contribution < 1.29 is 22.7 Å². The van der Waals surface area contributed by atoms with E-state index in [1.54, 1.807) is 6.07 Å². The summed E-state index contributed by atoms with van der Waals surface area (Å²) in [6.45, 7) is 1.12. The molecule has 0 bridgehead atoms. The highest BCUT2D eigenvalue weighted by Crippen LogP contribution is 2.34. The molecule has 9 heteroatoms. The van der Waals surface area contributed by atoms with Gasteiger partial charge in [-0.3, -0.25) is 0 Å². The summed E-state index contributed by atoms with van der Waals surface area (Å²) in [5.41, 5.74) is 0.528. The van der Waals surface area contributed by atoms with E-state index >= 15 is 0 Å². The molecular weight excluding hydrogens is 443 g/mol. The van der Waals surface area contributed by atoms with Gasteiger partial charge in [0.25, 0.3) is 0 Å². The number of carbonyl (C=O) groups excluding carboxylic acids is 1. The van der Waals surface area contributed by atoms with Crippen LogP contribution in [0.1, 0.15) is 16.8 Å². The molecule has 1 N–H and O–H groups in total. The van der Waals surface area contributed by atoms with Crippen molar-refractivity contribution in [3.8, 4) is 0 Å². The zero-order chi connectivity index (χ0) is 23.1. The average molecular weight is 466 g/mol. The van der Waals surface area contributed by atoms with Crippen LogP contribution < -0.4 is 5.32 Å². The Morgan fingerprint density at radius 2 is 1.81 bits per heavy atom. The molecule has 0 unspecified atom stereocenters. The minimum atomic E-state index is -4.58. The van der Waals surface area contributed by atoms with Crippen LogP contribution in [-0.4, -0.2) is 35.8 Å². The van der Waals surface area contributed by atoms with E-state index in [9.17, 15) is 18.0 Å². The number of alkyl halides is 3. The Hall–Kier alpha value is -2.97. The fourth-order valence-corrected chi connectivity index (χ4v) is 3.44. The lowest BCUT2D eigenvalue weighted by Gasteiger charge is -2.24. The third kappa shape index (κ3) is 6.05. The van der Waals surface area contributed by atoms with Crippen LogP contribution in [-0.2, 0) is 24.0 Å². The van der Waals surface area contributed by atoms with Crippen LogP contribution in [0, 0.1) is 0 Å². The maximum absolute atomic E-state index is 13.3. The Bertz CT molecular complexity index is 1050. The number of nitrogens with one attached hydrogen (secondary N) is 1. The first kappa shape index (κ1) is 23.7. The molecule has 2 amide bonds. The van der Waals surface area contributed by atoms with E-state index in [0.717, 1.165) is 17.3 Å². The summed E-state index contributed by atoms with van der Waals surface area (Å²) in [6, 6.07) is 15.4. The second-order valence-corrected chi connectivity index (χ2v) is 7.51. The number of benzene rings is 2. The molecule has 0 aliphatic carbocycles. The third-order valence-corrected chi connectivity index (χ3v) is 5.27. The summed E-state index contributed by atoms with van der Waals surface area (Å²) < 4.78 is 46.9. The molecule has 2 aromatic carbocycles. The number of halogens is 4. The molecule has 0 saturated carbocycles. The molecule has 1 aromatic heterocycles. The van der Waals surface area contributed by atoms with Crippen molar-refractivity contribution in [3.63, 3.8) is 0 Å². The van der Waals surface area contributed by atoms with Crippen molar-refractivity contribution in [1.29, 1.82) is 0 Å². The molecule has 0 radical (unpaired) electrons. The minimum absolute atomic E-state index is 0.181. The first-order chi connectivity index (χ1) is 15.3. The monoisotopic (exact) mass is 465 g/mol. The number of anilines is 1. The summed E-state index contributed by atoms with van der Waals surface area (Å²) in [7, 11) is 1.50. The number of amides is 2. The molecule has 5 nitrogen and oxygen atoms in total. The topological polar surface area (TPSA) is 46.5 Å². The molecule has 0 atom stereocenters. The maximum Gasteiger partial charge on any atom is 0.418 e. The van der Waals surface area contributed by atoms with Gasteiger partial charge in [0.2, 0.25) is 0 Å². The van der Waals surface area contributed by atoms with Crippen LogP contribution in [0.5, 0.6) is 0 Å². The molecule has 0 aliphatic rings. The Morgan fingerprint density at radius 3 is 2.53 bits per heavy atom. The standard InChI is InChI=1S/C23H23ClF3N3O2/c1-32-14-13-30(22(31)28-21-11-5-3-9-19(21)23(25,26)27)16-18-8-6-12-29(18)15-17-7-2-4-10-20(17)24/h2-12H,13-16H2,1H3,(H,28,31). The second kappa shape index (κ2) is 10.6. The van der Waals surface area contributed by atoms with Crippen molar-refractivity contribution in [1.82, 2.24) is 9.47 Å². The van der Waals surface area contributed by atoms with Gasteiger partial charge in [0.15, 0.2) is 0 Å². The van der Waals surface area contributed by atoms with Crippen LogP contribution in [0.15, 0.2) is 66.9 Å². The summed E-state index contributed by atoms with van der Waals surface area (Å²) in [4.78, 5) is 14.3. The highest BCUT2D eigenvalue weighted by molar-refractivity contribution is 6.31.